The van der Waals surface area contributed by atoms with Crippen molar-refractivity contribution in [2.75, 3.05) is 37.6 Å². The zero-order valence-electron chi connectivity index (χ0n) is 23.7. The first kappa shape index (κ1) is 29.4. The third-order valence-electron chi connectivity index (χ3n) is 8.62. The SMILES string of the molecule is CC(OC(=O)NCc1ccccc1)C1CCN(N=O)C(N2CCN(c3ccc(C4CCC(=O)NC4=O)cc3F)CC2)C1. The molecule has 3 aliphatic rings. The van der Waals surface area contributed by atoms with Gasteiger partial charge >= 0.3 is 6.09 Å². The summed E-state index contributed by atoms with van der Waals surface area (Å²) in [6, 6.07) is 14.5. The van der Waals surface area contributed by atoms with Gasteiger partial charge in [0.15, 0.2) is 0 Å². The molecule has 0 radical (unpaired) electrons. The Labute approximate surface area is 244 Å². The Morgan fingerprint density at radius 3 is 2.55 bits per heavy atom. The molecular weight excluding hydrogens is 543 g/mol. The zero-order valence-corrected chi connectivity index (χ0v) is 23.7. The predicted molar refractivity (Wildman–Crippen MR) is 154 cm³/mol. The van der Waals surface area contributed by atoms with E-state index < -0.39 is 23.7 Å². The number of anilines is 1. The molecule has 4 atom stereocenters. The van der Waals surface area contributed by atoms with E-state index in [9.17, 15) is 19.3 Å². The number of nitrogens with one attached hydrogen (secondary N) is 2. The van der Waals surface area contributed by atoms with Crippen LogP contribution in [0.2, 0.25) is 0 Å². The van der Waals surface area contributed by atoms with Crippen LogP contribution in [-0.2, 0) is 20.9 Å². The van der Waals surface area contributed by atoms with Gasteiger partial charge in [0.1, 0.15) is 18.1 Å². The highest BCUT2D eigenvalue weighted by Gasteiger charge is 2.38. The summed E-state index contributed by atoms with van der Waals surface area (Å²) >= 11 is 0. The van der Waals surface area contributed by atoms with Gasteiger partial charge in [-0.15, -0.1) is 4.91 Å². The standard InChI is InChI=1S/C30H37FN6O5/c1-20(42-30(40)32-19-21-5-3-2-4-6-21)22-11-12-37(34-41)28(18-22)36-15-13-35(14-16-36)26-9-7-23(17-25(26)31)24-8-10-27(38)33-29(24)39/h2-7,9,17,20,22,24,28H,8,10-16,18-19H2,1H3,(H,32,40)(H,33,38,39). The van der Waals surface area contributed by atoms with E-state index in [4.69, 9.17) is 4.74 Å². The molecule has 42 heavy (non-hydrogen) atoms. The van der Waals surface area contributed by atoms with Crippen LogP contribution in [0.3, 0.4) is 0 Å². The first-order chi connectivity index (χ1) is 20.3. The van der Waals surface area contributed by atoms with E-state index in [1.165, 1.54) is 6.07 Å². The van der Waals surface area contributed by atoms with Gasteiger partial charge in [-0.05, 0) is 49.4 Å². The molecule has 5 rings (SSSR count). The van der Waals surface area contributed by atoms with Gasteiger partial charge < -0.3 is 15.0 Å². The number of imide groups is 1. The number of nitrogens with zero attached hydrogens (tertiary/aromatic N) is 4. The van der Waals surface area contributed by atoms with Crippen LogP contribution < -0.4 is 15.5 Å². The lowest BCUT2D eigenvalue weighted by atomic mass is 9.90. The van der Waals surface area contributed by atoms with E-state index in [1.807, 2.05) is 42.2 Å². The van der Waals surface area contributed by atoms with Crippen molar-refractivity contribution in [3.8, 4) is 0 Å². The van der Waals surface area contributed by atoms with Crippen LogP contribution in [0.5, 0.6) is 0 Å². The predicted octanol–water partition coefficient (Wildman–Crippen LogP) is 3.50. The third kappa shape index (κ3) is 6.87. The topological polar surface area (TPSA) is 124 Å². The summed E-state index contributed by atoms with van der Waals surface area (Å²) in [7, 11) is 0. The fraction of sp³-hybridized carbons (Fsp3) is 0.500. The molecule has 3 amide bonds. The van der Waals surface area contributed by atoms with E-state index in [-0.39, 0.29) is 30.5 Å². The molecule has 3 aliphatic heterocycles. The third-order valence-corrected chi connectivity index (χ3v) is 8.62. The number of carbonyl (C=O) groups excluding carboxylic acids is 3. The molecule has 224 valence electrons. The molecule has 0 bridgehead atoms. The van der Waals surface area contributed by atoms with Gasteiger partial charge in [0.25, 0.3) is 0 Å². The summed E-state index contributed by atoms with van der Waals surface area (Å²) in [6.07, 6.45) is 0.861. The van der Waals surface area contributed by atoms with Crippen molar-refractivity contribution in [2.45, 2.75) is 57.3 Å². The lowest BCUT2D eigenvalue weighted by Gasteiger charge is -2.46. The van der Waals surface area contributed by atoms with Crippen LogP contribution in [-0.4, -0.2) is 72.8 Å². The Morgan fingerprint density at radius 2 is 1.86 bits per heavy atom. The lowest BCUT2D eigenvalue weighted by Crippen LogP contribution is -2.58. The van der Waals surface area contributed by atoms with Crippen molar-refractivity contribution < 1.29 is 23.5 Å². The molecular formula is C30H37FN6O5. The highest BCUT2D eigenvalue weighted by atomic mass is 19.1. The fourth-order valence-corrected chi connectivity index (χ4v) is 6.16. The highest BCUT2D eigenvalue weighted by molar-refractivity contribution is 6.00. The van der Waals surface area contributed by atoms with Gasteiger partial charge in [0.2, 0.25) is 11.8 Å². The van der Waals surface area contributed by atoms with Gasteiger partial charge in [-0.3, -0.25) is 19.8 Å². The van der Waals surface area contributed by atoms with Gasteiger partial charge in [-0.1, -0.05) is 36.4 Å². The molecule has 2 aromatic carbocycles. The monoisotopic (exact) mass is 580 g/mol. The molecule has 2 aromatic rings. The average molecular weight is 581 g/mol. The molecule has 11 nitrogen and oxygen atoms in total. The number of hydrogen-bond donors (Lipinski definition) is 2. The van der Waals surface area contributed by atoms with Crippen LogP contribution in [0.1, 0.15) is 49.7 Å². The molecule has 3 saturated heterocycles. The first-order valence-corrected chi connectivity index (χ1v) is 14.5. The second-order valence-corrected chi connectivity index (χ2v) is 11.2. The summed E-state index contributed by atoms with van der Waals surface area (Å²) < 4.78 is 20.9. The number of alkyl carbamates (subject to hydrolysis) is 1. The van der Waals surface area contributed by atoms with Gasteiger partial charge in [-0.2, -0.15) is 0 Å². The van der Waals surface area contributed by atoms with E-state index >= 15 is 4.39 Å². The van der Waals surface area contributed by atoms with E-state index in [0.29, 0.717) is 69.8 Å². The van der Waals surface area contributed by atoms with E-state index in [1.54, 1.807) is 17.1 Å². The number of piperazine rings is 1. The first-order valence-electron chi connectivity index (χ1n) is 14.5. The minimum atomic E-state index is -0.537. The number of amides is 3. The number of benzene rings is 2. The summed E-state index contributed by atoms with van der Waals surface area (Å²) in [5.41, 5.74) is 2.00. The summed E-state index contributed by atoms with van der Waals surface area (Å²) in [5, 5.41) is 9.95. The Morgan fingerprint density at radius 1 is 1.10 bits per heavy atom. The minimum absolute atomic E-state index is 0.0609. The van der Waals surface area contributed by atoms with Crippen LogP contribution in [0, 0.1) is 16.6 Å². The number of halogens is 1. The van der Waals surface area contributed by atoms with Gasteiger partial charge in [-0.25, -0.2) is 14.2 Å². The highest BCUT2D eigenvalue weighted by Crippen LogP contribution is 2.32. The second kappa shape index (κ2) is 13.3. The van der Waals surface area contributed by atoms with Crippen molar-refractivity contribution in [1.82, 2.24) is 20.5 Å². The van der Waals surface area contributed by atoms with Crippen LogP contribution in [0.4, 0.5) is 14.9 Å². The fourth-order valence-electron chi connectivity index (χ4n) is 6.16. The lowest BCUT2D eigenvalue weighted by molar-refractivity contribution is -0.134. The number of ether oxygens (including phenoxy) is 1. The molecule has 12 heteroatoms. The number of carbonyl (C=O) groups is 3. The van der Waals surface area contributed by atoms with Crippen LogP contribution in [0.25, 0.3) is 0 Å². The quantitative estimate of drug-likeness (QED) is 0.359. The average Bonchev–Trinajstić information content (AvgIpc) is 3.00. The molecule has 3 fully saturated rings. The van der Waals surface area contributed by atoms with Crippen LogP contribution >= 0.6 is 0 Å². The molecule has 0 aliphatic carbocycles. The molecule has 0 spiro atoms. The molecule has 3 heterocycles. The normalized spacial score (nSPS) is 24.1. The number of hydrogen-bond acceptors (Lipinski definition) is 8. The Kier molecular flexibility index (Phi) is 9.31. The maximum atomic E-state index is 15.2. The smallest absolute Gasteiger partial charge is 0.407 e. The van der Waals surface area contributed by atoms with Crippen molar-refractivity contribution in [3.05, 3.63) is 70.4 Å². The summed E-state index contributed by atoms with van der Waals surface area (Å²) in [4.78, 5) is 51.9. The van der Waals surface area contributed by atoms with Gasteiger partial charge in [0, 0.05) is 51.6 Å². The van der Waals surface area contributed by atoms with Crippen molar-refractivity contribution >= 4 is 23.6 Å². The summed E-state index contributed by atoms with van der Waals surface area (Å²) in [6.45, 7) is 5.04. The molecule has 2 N–H and O–H groups in total. The van der Waals surface area contributed by atoms with E-state index in [2.05, 4.69) is 20.8 Å². The summed E-state index contributed by atoms with van der Waals surface area (Å²) in [5.74, 6) is -1.57. The second-order valence-electron chi connectivity index (χ2n) is 11.2. The van der Waals surface area contributed by atoms with Crippen molar-refractivity contribution in [1.29, 1.82) is 0 Å². The zero-order chi connectivity index (χ0) is 29.6. The number of nitroso groups, excluding NO2 is 1. The Hall–Kier alpha value is -4.06. The molecule has 0 aromatic heterocycles. The van der Waals surface area contributed by atoms with Crippen LogP contribution in [0.15, 0.2) is 53.8 Å². The van der Waals surface area contributed by atoms with Crippen molar-refractivity contribution in [2.24, 2.45) is 11.2 Å². The Bertz CT molecular complexity index is 1290. The van der Waals surface area contributed by atoms with Gasteiger partial charge in [0.05, 0.1) is 16.9 Å². The largest absolute Gasteiger partial charge is 0.446 e. The molecule has 0 saturated carbocycles. The maximum Gasteiger partial charge on any atom is 0.407 e. The van der Waals surface area contributed by atoms with E-state index in [0.717, 1.165) is 5.56 Å². The molecule has 4 unspecified atom stereocenters. The maximum absolute atomic E-state index is 15.2. The number of piperidine rings is 2. The Balaban J connectivity index is 1.14. The number of rotatable bonds is 8. The minimum Gasteiger partial charge on any atom is -0.446 e. The van der Waals surface area contributed by atoms with Crippen molar-refractivity contribution in [3.63, 3.8) is 0 Å².